The van der Waals surface area contributed by atoms with E-state index in [1.165, 1.54) is 17.5 Å². The van der Waals surface area contributed by atoms with Gasteiger partial charge < -0.3 is 24.8 Å². The Kier molecular flexibility index (Phi) is 10.6. The molecule has 1 aliphatic carbocycles. The highest BCUT2D eigenvalue weighted by molar-refractivity contribution is 7.96. The van der Waals surface area contributed by atoms with Gasteiger partial charge in [-0.3, -0.25) is 4.31 Å². The monoisotopic (exact) mass is 583 g/mol. The summed E-state index contributed by atoms with van der Waals surface area (Å²) in [6.07, 6.45) is 1.03. The van der Waals surface area contributed by atoms with Crippen LogP contribution < -0.4 is 14.8 Å². The highest BCUT2D eigenvalue weighted by Crippen LogP contribution is 2.51. The second-order valence-electron chi connectivity index (χ2n) is 9.86. The third-order valence-corrected chi connectivity index (χ3v) is 8.57. The summed E-state index contributed by atoms with van der Waals surface area (Å²) in [4.78, 5) is 24.4. The van der Waals surface area contributed by atoms with Crippen molar-refractivity contribution in [1.82, 2.24) is 14.5 Å². The quantitative estimate of drug-likeness (QED) is 0.427. The summed E-state index contributed by atoms with van der Waals surface area (Å²) in [6.45, 7) is 1.60. The lowest BCUT2D eigenvalue weighted by Crippen LogP contribution is -2.52. The number of nitrogens with zero attached hydrogens (tertiary/aromatic N) is 2. The zero-order valence-electron chi connectivity index (χ0n) is 23.0. The maximum Gasteiger partial charge on any atom is 0.490 e. The number of likely N-dealkylation sites (tertiary alicyclic amines) is 1. The second-order valence-corrected chi connectivity index (χ2v) is 10.6. The summed E-state index contributed by atoms with van der Waals surface area (Å²) in [5, 5.41) is 10.2. The molecule has 1 aliphatic heterocycles. The average Bonchev–Trinajstić information content (AvgIpc) is 3.29. The molecule has 2 amide bonds. The van der Waals surface area contributed by atoms with Crippen LogP contribution in [-0.2, 0) is 16.8 Å². The number of alkyl halides is 3. The van der Waals surface area contributed by atoms with Gasteiger partial charge in [0, 0.05) is 30.3 Å². The molecule has 3 unspecified atom stereocenters. The highest BCUT2D eigenvalue weighted by atomic mass is 32.2. The van der Waals surface area contributed by atoms with E-state index < -0.39 is 12.1 Å². The minimum atomic E-state index is -5.08. The zero-order valence-corrected chi connectivity index (χ0v) is 23.8. The molecule has 12 heteroatoms. The van der Waals surface area contributed by atoms with E-state index in [4.69, 9.17) is 19.4 Å². The Balaban J connectivity index is 0.000000559. The van der Waals surface area contributed by atoms with E-state index in [1.54, 1.807) is 14.2 Å². The van der Waals surface area contributed by atoms with E-state index >= 15 is 0 Å². The fraction of sp³-hybridized carbons (Fsp3) is 0.500. The summed E-state index contributed by atoms with van der Waals surface area (Å²) in [6, 6.07) is 17.0. The number of aliphatic carboxylic acids is 1. The van der Waals surface area contributed by atoms with Crippen LogP contribution in [-0.4, -0.2) is 78.6 Å². The molecule has 8 nitrogen and oxygen atoms in total. The van der Waals surface area contributed by atoms with Gasteiger partial charge in [0.25, 0.3) is 0 Å². The molecule has 2 N–H and O–H groups in total. The van der Waals surface area contributed by atoms with Crippen molar-refractivity contribution in [3.05, 3.63) is 59.7 Å². The van der Waals surface area contributed by atoms with Crippen molar-refractivity contribution in [3.8, 4) is 11.5 Å². The van der Waals surface area contributed by atoms with Crippen LogP contribution in [0.25, 0.3) is 0 Å². The van der Waals surface area contributed by atoms with Gasteiger partial charge in [-0.1, -0.05) is 36.4 Å². The lowest BCUT2D eigenvalue weighted by molar-refractivity contribution is -0.192. The van der Waals surface area contributed by atoms with Crippen molar-refractivity contribution in [1.29, 1.82) is 0 Å². The van der Waals surface area contributed by atoms with Crippen LogP contribution in [0, 0.1) is 0 Å². The Morgan fingerprint density at radius 1 is 1.12 bits per heavy atom. The predicted molar refractivity (Wildman–Crippen MR) is 148 cm³/mol. The molecule has 0 radical (unpaired) electrons. The number of urea groups is 1. The molecule has 1 saturated carbocycles. The molecule has 2 aliphatic rings. The van der Waals surface area contributed by atoms with Gasteiger partial charge in [0.05, 0.1) is 14.2 Å². The normalized spacial score (nSPS) is 22.4. The number of nitrogens with one attached hydrogen (secondary N) is 1. The molecular weight excluding hydrogens is 547 g/mol. The number of benzene rings is 2. The highest BCUT2D eigenvalue weighted by Gasteiger charge is 2.51. The van der Waals surface area contributed by atoms with E-state index in [0.717, 1.165) is 49.3 Å². The number of hydrogen-bond donors (Lipinski definition) is 2. The summed E-state index contributed by atoms with van der Waals surface area (Å²) < 4.78 is 44.8. The Hall–Kier alpha value is -3.12. The maximum atomic E-state index is 13.1. The minimum absolute atomic E-state index is 0.00406. The first-order valence-corrected chi connectivity index (χ1v) is 14.0. The Morgan fingerprint density at radius 3 is 2.35 bits per heavy atom. The van der Waals surface area contributed by atoms with Crippen LogP contribution in [0.4, 0.5) is 18.0 Å². The van der Waals surface area contributed by atoms with Gasteiger partial charge >= 0.3 is 18.2 Å². The lowest BCUT2D eigenvalue weighted by atomic mass is 9.65. The molecule has 220 valence electrons. The number of carbonyl (C=O) groups excluding carboxylic acids is 1. The number of hydrogen-bond acceptors (Lipinski definition) is 6. The van der Waals surface area contributed by atoms with Crippen molar-refractivity contribution in [2.45, 2.75) is 55.9 Å². The van der Waals surface area contributed by atoms with Gasteiger partial charge in [-0.15, -0.1) is 0 Å². The summed E-state index contributed by atoms with van der Waals surface area (Å²) in [7, 11) is 5.58. The van der Waals surface area contributed by atoms with Crippen molar-refractivity contribution in [2.75, 3.05) is 34.1 Å². The molecule has 0 bridgehead atoms. The third-order valence-electron chi connectivity index (χ3n) is 7.72. The van der Waals surface area contributed by atoms with E-state index in [9.17, 15) is 18.0 Å². The first-order chi connectivity index (χ1) is 19.0. The number of carboxylic acid groups (broad SMARTS) is 1. The van der Waals surface area contributed by atoms with Crippen LogP contribution in [0.1, 0.15) is 36.8 Å². The van der Waals surface area contributed by atoms with Gasteiger partial charge in [-0.25, -0.2) is 9.59 Å². The molecule has 1 saturated heterocycles. The van der Waals surface area contributed by atoms with Gasteiger partial charge in [-0.2, -0.15) is 13.2 Å². The van der Waals surface area contributed by atoms with Gasteiger partial charge in [0.1, 0.15) is 0 Å². The van der Waals surface area contributed by atoms with Crippen molar-refractivity contribution < 1.29 is 37.3 Å². The topological polar surface area (TPSA) is 91.3 Å². The minimum Gasteiger partial charge on any atom is -0.493 e. The number of halogens is 3. The number of fused-ring (bicyclic) bond motifs is 1. The van der Waals surface area contributed by atoms with Crippen LogP contribution >= 0.6 is 11.9 Å². The molecule has 40 heavy (non-hydrogen) atoms. The Bertz CT molecular complexity index is 1150. The Labute approximate surface area is 236 Å². The van der Waals surface area contributed by atoms with Crippen LogP contribution in [0.5, 0.6) is 11.5 Å². The second kappa shape index (κ2) is 13.5. The van der Waals surface area contributed by atoms with Gasteiger partial charge in [0.15, 0.2) is 11.5 Å². The number of methoxy groups -OCH3 is 2. The number of ether oxygens (including phenoxy) is 2. The number of likely N-dealkylation sites (N-methyl/N-ethyl adjacent to an activating group) is 1. The summed E-state index contributed by atoms with van der Waals surface area (Å²) >= 11 is 1.53. The maximum absolute atomic E-state index is 13.1. The zero-order chi connectivity index (χ0) is 29.5. The van der Waals surface area contributed by atoms with Crippen molar-refractivity contribution >= 4 is 23.9 Å². The van der Waals surface area contributed by atoms with Crippen LogP contribution in [0.2, 0.25) is 0 Å². The predicted octanol–water partition coefficient (Wildman–Crippen LogP) is 5.32. The molecule has 0 spiro atoms. The smallest absolute Gasteiger partial charge is 0.490 e. The van der Waals surface area contributed by atoms with E-state index in [2.05, 4.69) is 29.4 Å². The summed E-state index contributed by atoms with van der Waals surface area (Å²) in [5.41, 5.74) is 2.51. The lowest BCUT2D eigenvalue weighted by Gasteiger charge is -2.47. The first-order valence-electron chi connectivity index (χ1n) is 12.8. The molecule has 2 fully saturated rings. The first kappa shape index (κ1) is 31.4. The largest absolute Gasteiger partial charge is 0.493 e. The third kappa shape index (κ3) is 7.14. The Morgan fingerprint density at radius 2 is 1.77 bits per heavy atom. The van der Waals surface area contributed by atoms with Crippen LogP contribution in [0.3, 0.4) is 0 Å². The van der Waals surface area contributed by atoms with E-state index in [0.29, 0.717) is 12.6 Å². The molecule has 0 aromatic heterocycles. The SMILES string of the molecule is COc1ccc(C23CCC(N(SC)C(=O)NCc4ccccc4)CC2N(C)CC3)cc1OC.O=C(O)C(F)(F)F. The van der Waals surface area contributed by atoms with Crippen molar-refractivity contribution in [2.24, 2.45) is 0 Å². The number of rotatable bonds is 7. The molecule has 3 atom stereocenters. The molecule has 4 rings (SSSR count). The van der Waals surface area contributed by atoms with Crippen molar-refractivity contribution in [3.63, 3.8) is 0 Å². The summed E-state index contributed by atoms with van der Waals surface area (Å²) in [5.74, 6) is -1.21. The number of carbonyl (C=O) groups is 2. The van der Waals surface area contributed by atoms with Gasteiger partial charge in [0.2, 0.25) is 0 Å². The number of amides is 2. The molecule has 1 heterocycles. The average molecular weight is 584 g/mol. The number of carboxylic acids is 1. The fourth-order valence-corrected chi connectivity index (χ4v) is 6.43. The standard InChI is InChI=1S/C26H35N3O3S.C2HF3O2/c1-28-15-14-26(20-10-11-22(31-2)23(16-20)32-3)13-12-21(17-24(26)28)29(33-4)25(30)27-18-19-8-6-5-7-9-19;3-2(4,5)1(6)7/h5-11,16,21,24H,12-15,17-18H2,1-4H3,(H,27,30);(H,6,7). The van der Waals surface area contributed by atoms with E-state index in [1.807, 2.05) is 47.0 Å². The van der Waals surface area contributed by atoms with Gasteiger partial charge in [-0.05, 0) is 74.5 Å². The van der Waals surface area contributed by atoms with E-state index in [-0.39, 0.29) is 17.5 Å². The van der Waals surface area contributed by atoms with Crippen LogP contribution in [0.15, 0.2) is 48.5 Å². The molecule has 2 aromatic carbocycles. The fourth-order valence-electron chi connectivity index (χ4n) is 5.71. The molecule has 2 aromatic rings. The molecular formula is C28H36F3N3O5S.